The number of rotatable bonds is 5. The van der Waals surface area contributed by atoms with Gasteiger partial charge in [-0.05, 0) is 54.3 Å². The maximum Gasteiger partial charge on any atom is 0.336 e. The number of aryl methyl sites for hydroxylation is 1. The Bertz CT molecular complexity index is 1200. The molecule has 1 aliphatic heterocycles. The lowest BCUT2D eigenvalue weighted by Gasteiger charge is -2.37. The second-order valence-corrected chi connectivity index (χ2v) is 7.60. The van der Waals surface area contributed by atoms with Gasteiger partial charge in [0.05, 0.1) is 20.3 Å². The predicted molar refractivity (Wildman–Crippen MR) is 116 cm³/mol. The minimum atomic E-state index is -0.396. The summed E-state index contributed by atoms with van der Waals surface area (Å²) in [6, 6.07) is 10.5. The molecule has 7 heteroatoms. The third-order valence-electron chi connectivity index (χ3n) is 5.74. The van der Waals surface area contributed by atoms with Gasteiger partial charge in [-0.15, -0.1) is 0 Å². The first kappa shape index (κ1) is 20.8. The Morgan fingerprint density at radius 3 is 2.58 bits per heavy atom. The maximum absolute atomic E-state index is 12.3. The smallest absolute Gasteiger partial charge is 0.336 e. The number of methoxy groups -OCH3 is 2. The van der Waals surface area contributed by atoms with Crippen LogP contribution in [0.3, 0.4) is 0 Å². The molecule has 1 aliphatic rings. The highest BCUT2D eigenvalue weighted by Crippen LogP contribution is 2.38. The molecule has 2 heterocycles. The molecule has 1 amide bonds. The van der Waals surface area contributed by atoms with E-state index in [4.69, 9.17) is 18.6 Å². The normalized spacial score (nSPS) is 15.5. The largest absolute Gasteiger partial charge is 0.493 e. The van der Waals surface area contributed by atoms with Crippen molar-refractivity contribution in [1.82, 2.24) is 4.90 Å². The van der Waals surface area contributed by atoms with E-state index in [1.54, 1.807) is 32.1 Å². The highest BCUT2D eigenvalue weighted by atomic mass is 16.5. The minimum absolute atomic E-state index is 0.0193. The molecule has 0 N–H and O–H groups in total. The van der Waals surface area contributed by atoms with Crippen molar-refractivity contribution >= 4 is 16.9 Å². The molecule has 162 valence electrons. The van der Waals surface area contributed by atoms with E-state index in [2.05, 4.69) is 0 Å². The molecule has 4 rings (SSSR count). The molecule has 0 fully saturated rings. The third kappa shape index (κ3) is 3.95. The first-order valence-electron chi connectivity index (χ1n) is 10.1. The fourth-order valence-electron chi connectivity index (χ4n) is 4.15. The van der Waals surface area contributed by atoms with Crippen LogP contribution < -0.4 is 19.8 Å². The number of hydrogen-bond donors (Lipinski definition) is 0. The number of hydrogen-bond acceptors (Lipinski definition) is 6. The fraction of sp³-hybridized carbons (Fsp3) is 0.333. The maximum atomic E-state index is 12.3. The van der Waals surface area contributed by atoms with E-state index in [-0.39, 0.29) is 18.6 Å². The Kier molecular flexibility index (Phi) is 5.59. The van der Waals surface area contributed by atoms with Gasteiger partial charge in [0, 0.05) is 31.0 Å². The number of fused-ring (bicyclic) bond motifs is 2. The number of benzene rings is 2. The predicted octanol–water partition coefficient (Wildman–Crippen LogP) is 3.64. The van der Waals surface area contributed by atoms with Crippen LogP contribution in [0.15, 0.2) is 45.6 Å². The summed E-state index contributed by atoms with van der Waals surface area (Å²) >= 11 is 0. The van der Waals surface area contributed by atoms with Gasteiger partial charge in [0.2, 0.25) is 5.91 Å². The molecular weight excluding hydrogens is 398 g/mol. The van der Waals surface area contributed by atoms with Crippen LogP contribution in [-0.4, -0.2) is 38.2 Å². The van der Waals surface area contributed by atoms with Crippen molar-refractivity contribution in [3.05, 3.63) is 63.5 Å². The first-order valence-corrected chi connectivity index (χ1v) is 10.1. The standard InChI is InChI=1S/C24H25NO6/c1-14-9-24(27)31-21-11-17(5-6-18(14)21)30-13-20-19-12-23(29-4)22(28-3)10-16(19)7-8-25(20)15(2)26/h5-6,9-12,20H,7-8,13H2,1-4H3/t20-/m0/s1. The Hall–Kier alpha value is -3.48. The summed E-state index contributed by atoms with van der Waals surface area (Å²) in [7, 11) is 3.20. The van der Waals surface area contributed by atoms with E-state index in [0.29, 0.717) is 29.4 Å². The molecule has 0 aliphatic carbocycles. The number of ether oxygens (including phenoxy) is 3. The van der Waals surface area contributed by atoms with Gasteiger partial charge >= 0.3 is 5.63 Å². The summed E-state index contributed by atoms with van der Waals surface area (Å²) < 4.78 is 22.3. The average Bonchev–Trinajstić information content (AvgIpc) is 2.75. The average molecular weight is 423 g/mol. The third-order valence-corrected chi connectivity index (χ3v) is 5.74. The zero-order valence-corrected chi connectivity index (χ0v) is 18.1. The molecule has 1 atom stereocenters. The van der Waals surface area contributed by atoms with E-state index in [1.807, 2.05) is 31.2 Å². The van der Waals surface area contributed by atoms with Gasteiger partial charge in [0.1, 0.15) is 17.9 Å². The quantitative estimate of drug-likeness (QED) is 0.583. The van der Waals surface area contributed by atoms with E-state index in [9.17, 15) is 9.59 Å². The first-order chi connectivity index (χ1) is 14.9. The molecule has 3 aromatic rings. The second kappa shape index (κ2) is 8.34. The Balaban J connectivity index is 1.67. The van der Waals surface area contributed by atoms with Gasteiger partial charge in [-0.3, -0.25) is 4.79 Å². The van der Waals surface area contributed by atoms with E-state index >= 15 is 0 Å². The van der Waals surface area contributed by atoms with Gasteiger partial charge in [0.15, 0.2) is 11.5 Å². The summed E-state index contributed by atoms with van der Waals surface area (Å²) in [5, 5.41) is 0.858. The van der Waals surface area contributed by atoms with E-state index in [0.717, 1.165) is 28.5 Å². The molecule has 2 aromatic carbocycles. The minimum Gasteiger partial charge on any atom is -0.493 e. The molecule has 0 spiro atoms. The van der Waals surface area contributed by atoms with Crippen molar-refractivity contribution in [3.63, 3.8) is 0 Å². The zero-order chi connectivity index (χ0) is 22.1. The van der Waals surface area contributed by atoms with Gasteiger partial charge < -0.3 is 23.5 Å². The molecule has 0 saturated carbocycles. The summed E-state index contributed by atoms with van der Waals surface area (Å²) in [6.07, 6.45) is 0.728. The lowest BCUT2D eigenvalue weighted by Crippen LogP contribution is -2.41. The van der Waals surface area contributed by atoms with Crippen molar-refractivity contribution in [2.45, 2.75) is 26.3 Å². The van der Waals surface area contributed by atoms with Crippen LogP contribution >= 0.6 is 0 Å². The molecule has 1 aromatic heterocycles. The van der Waals surface area contributed by atoms with Crippen LogP contribution in [-0.2, 0) is 11.2 Å². The van der Waals surface area contributed by atoms with E-state index < -0.39 is 5.63 Å². The summed E-state index contributed by atoms with van der Waals surface area (Å²) in [5.74, 6) is 1.82. The Morgan fingerprint density at radius 2 is 1.87 bits per heavy atom. The van der Waals surface area contributed by atoms with Crippen LogP contribution in [0.2, 0.25) is 0 Å². The van der Waals surface area contributed by atoms with Gasteiger partial charge in [-0.1, -0.05) is 0 Å². The van der Waals surface area contributed by atoms with Crippen molar-refractivity contribution in [2.24, 2.45) is 0 Å². The van der Waals surface area contributed by atoms with Crippen molar-refractivity contribution in [3.8, 4) is 17.2 Å². The fourth-order valence-corrected chi connectivity index (χ4v) is 4.15. The van der Waals surface area contributed by atoms with Crippen LogP contribution in [0.25, 0.3) is 11.0 Å². The van der Waals surface area contributed by atoms with Crippen molar-refractivity contribution < 1.29 is 23.4 Å². The van der Waals surface area contributed by atoms with Crippen molar-refractivity contribution in [1.29, 1.82) is 0 Å². The van der Waals surface area contributed by atoms with Gasteiger partial charge in [-0.25, -0.2) is 4.79 Å². The molecule has 31 heavy (non-hydrogen) atoms. The molecule has 0 unspecified atom stereocenters. The lowest BCUT2D eigenvalue weighted by molar-refractivity contribution is -0.132. The van der Waals surface area contributed by atoms with Crippen molar-refractivity contribution in [2.75, 3.05) is 27.4 Å². The second-order valence-electron chi connectivity index (χ2n) is 7.60. The molecule has 7 nitrogen and oxygen atoms in total. The Morgan fingerprint density at radius 1 is 1.13 bits per heavy atom. The lowest BCUT2D eigenvalue weighted by atomic mass is 9.92. The highest BCUT2D eigenvalue weighted by molar-refractivity contribution is 5.81. The highest BCUT2D eigenvalue weighted by Gasteiger charge is 2.31. The number of carbonyl (C=O) groups is 1. The van der Waals surface area contributed by atoms with Crippen LogP contribution in [0, 0.1) is 6.92 Å². The SMILES string of the molecule is COc1cc2c(cc1OC)[C@H](COc1ccc3c(C)cc(=O)oc3c1)N(C(C)=O)CC2. The topological polar surface area (TPSA) is 78.2 Å². The van der Waals surface area contributed by atoms with Crippen LogP contribution in [0.5, 0.6) is 17.2 Å². The zero-order valence-electron chi connectivity index (χ0n) is 18.1. The number of amides is 1. The monoisotopic (exact) mass is 423 g/mol. The summed E-state index contributed by atoms with van der Waals surface area (Å²) in [5.41, 5.74) is 3.00. The molecule has 0 radical (unpaired) electrons. The molecular formula is C24H25NO6. The summed E-state index contributed by atoms with van der Waals surface area (Å²) in [4.78, 5) is 25.8. The number of nitrogens with zero attached hydrogens (tertiary/aromatic N) is 1. The Labute approximate surface area is 180 Å². The van der Waals surface area contributed by atoms with Gasteiger partial charge in [0.25, 0.3) is 0 Å². The van der Waals surface area contributed by atoms with E-state index in [1.165, 1.54) is 6.07 Å². The molecule has 0 saturated heterocycles. The number of carbonyl (C=O) groups excluding carboxylic acids is 1. The van der Waals surface area contributed by atoms with Gasteiger partial charge in [-0.2, -0.15) is 0 Å². The summed E-state index contributed by atoms with van der Waals surface area (Å²) in [6.45, 7) is 4.28. The van der Waals surface area contributed by atoms with Crippen LogP contribution in [0.1, 0.15) is 29.7 Å². The van der Waals surface area contributed by atoms with Crippen LogP contribution in [0.4, 0.5) is 0 Å². The molecule has 0 bridgehead atoms.